The standard InChI is InChI=1S/C17H18Cl2N2S2/c18-14-4-2-13(3-5-14)12-23-11-1-10-20-17(22)21-16-8-6-15(19)7-9-16/h2-9H,1,10-12H2,(H2,20,21,22). The van der Waals surface area contributed by atoms with Crippen molar-refractivity contribution in [2.24, 2.45) is 0 Å². The number of thioether (sulfide) groups is 1. The largest absolute Gasteiger partial charge is 0.362 e. The van der Waals surface area contributed by atoms with Crippen molar-refractivity contribution in [3.8, 4) is 0 Å². The molecule has 0 heterocycles. The predicted molar refractivity (Wildman–Crippen MR) is 108 cm³/mol. The number of rotatable bonds is 7. The molecule has 0 amide bonds. The van der Waals surface area contributed by atoms with Crippen molar-refractivity contribution in [2.75, 3.05) is 17.6 Å². The topological polar surface area (TPSA) is 24.1 Å². The summed E-state index contributed by atoms with van der Waals surface area (Å²) in [5.41, 5.74) is 2.23. The number of halogens is 2. The van der Waals surface area contributed by atoms with Gasteiger partial charge in [-0.15, -0.1) is 0 Å². The van der Waals surface area contributed by atoms with Crippen LogP contribution in [0.3, 0.4) is 0 Å². The molecule has 0 aromatic heterocycles. The van der Waals surface area contributed by atoms with Gasteiger partial charge in [-0.1, -0.05) is 35.3 Å². The molecule has 6 heteroatoms. The van der Waals surface area contributed by atoms with Gasteiger partial charge in [0.05, 0.1) is 0 Å². The van der Waals surface area contributed by atoms with Gasteiger partial charge in [0.15, 0.2) is 5.11 Å². The highest BCUT2D eigenvalue weighted by molar-refractivity contribution is 7.98. The van der Waals surface area contributed by atoms with Crippen molar-refractivity contribution in [1.29, 1.82) is 0 Å². The molecule has 2 rings (SSSR count). The third kappa shape index (κ3) is 7.44. The van der Waals surface area contributed by atoms with E-state index in [2.05, 4.69) is 22.8 Å². The Bertz CT molecular complexity index is 615. The van der Waals surface area contributed by atoms with E-state index in [1.807, 2.05) is 48.2 Å². The number of nitrogens with one attached hydrogen (secondary N) is 2. The van der Waals surface area contributed by atoms with Crippen LogP contribution in [0.4, 0.5) is 5.69 Å². The Hall–Kier alpha value is -0.940. The van der Waals surface area contributed by atoms with Crippen LogP contribution in [0.5, 0.6) is 0 Å². The first kappa shape index (κ1) is 18.4. The third-order valence-corrected chi connectivity index (χ3v) is 4.90. The first-order chi connectivity index (χ1) is 11.1. The minimum absolute atomic E-state index is 0.634. The fourth-order valence-corrected chi connectivity index (χ4v) is 3.25. The van der Waals surface area contributed by atoms with E-state index in [1.54, 1.807) is 0 Å². The highest BCUT2D eigenvalue weighted by Crippen LogP contribution is 2.16. The van der Waals surface area contributed by atoms with Gasteiger partial charge in [0.1, 0.15) is 0 Å². The molecule has 2 N–H and O–H groups in total. The van der Waals surface area contributed by atoms with Gasteiger partial charge in [0.2, 0.25) is 0 Å². The molecule has 2 nitrogen and oxygen atoms in total. The van der Waals surface area contributed by atoms with Gasteiger partial charge in [0, 0.05) is 28.0 Å². The van der Waals surface area contributed by atoms with Gasteiger partial charge in [0.25, 0.3) is 0 Å². The zero-order chi connectivity index (χ0) is 16.5. The number of hydrogen-bond acceptors (Lipinski definition) is 2. The first-order valence-electron chi connectivity index (χ1n) is 7.26. The number of hydrogen-bond donors (Lipinski definition) is 2. The Balaban J connectivity index is 1.55. The summed E-state index contributed by atoms with van der Waals surface area (Å²) in [6.07, 6.45) is 1.06. The molecule has 23 heavy (non-hydrogen) atoms. The monoisotopic (exact) mass is 384 g/mol. The Morgan fingerprint density at radius 2 is 1.57 bits per heavy atom. The van der Waals surface area contributed by atoms with Gasteiger partial charge in [-0.05, 0) is 66.4 Å². The molecule has 0 aliphatic carbocycles. The maximum Gasteiger partial charge on any atom is 0.170 e. The zero-order valence-electron chi connectivity index (χ0n) is 12.5. The third-order valence-electron chi connectivity index (χ3n) is 3.04. The molecule has 2 aromatic rings. The molecule has 0 radical (unpaired) electrons. The Morgan fingerprint density at radius 1 is 0.957 bits per heavy atom. The molecule has 0 unspecified atom stereocenters. The Morgan fingerprint density at radius 3 is 2.22 bits per heavy atom. The second-order valence-electron chi connectivity index (χ2n) is 4.92. The normalized spacial score (nSPS) is 10.3. The predicted octanol–water partition coefficient (Wildman–Crippen LogP) is 5.60. The molecule has 122 valence electrons. The van der Waals surface area contributed by atoms with Crippen LogP contribution in [0.25, 0.3) is 0 Å². The molecule has 0 aliphatic heterocycles. The van der Waals surface area contributed by atoms with Crippen LogP contribution in [0.2, 0.25) is 10.0 Å². The molecule has 0 bridgehead atoms. The number of anilines is 1. The summed E-state index contributed by atoms with van der Waals surface area (Å²) in [6.45, 7) is 0.854. The van der Waals surface area contributed by atoms with Crippen molar-refractivity contribution in [1.82, 2.24) is 5.32 Å². The lowest BCUT2D eigenvalue weighted by Gasteiger charge is -2.10. The lowest BCUT2D eigenvalue weighted by molar-refractivity contribution is 0.854. The van der Waals surface area contributed by atoms with E-state index in [4.69, 9.17) is 35.4 Å². The highest BCUT2D eigenvalue weighted by Gasteiger charge is 1.98. The molecular formula is C17H18Cl2N2S2. The van der Waals surface area contributed by atoms with Gasteiger partial charge in [-0.25, -0.2) is 0 Å². The molecule has 2 aromatic carbocycles. The van der Waals surface area contributed by atoms with E-state index >= 15 is 0 Å². The first-order valence-corrected chi connectivity index (χ1v) is 9.58. The van der Waals surface area contributed by atoms with E-state index in [9.17, 15) is 0 Å². The van der Waals surface area contributed by atoms with Gasteiger partial charge >= 0.3 is 0 Å². The van der Waals surface area contributed by atoms with Crippen LogP contribution in [0.15, 0.2) is 48.5 Å². The minimum atomic E-state index is 0.634. The lowest BCUT2D eigenvalue weighted by Crippen LogP contribution is -2.29. The maximum atomic E-state index is 5.87. The Labute approximate surface area is 157 Å². The SMILES string of the molecule is S=C(NCCCSCc1ccc(Cl)cc1)Nc1ccc(Cl)cc1. The van der Waals surface area contributed by atoms with Crippen LogP contribution >= 0.6 is 47.2 Å². The summed E-state index contributed by atoms with van der Waals surface area (Å²) < 4.78 is 0. The Kier molecular flexibility index (Phi) is 8.03. The molecule has 0 saturated carbocycles. The van der Waals surface area contributed by atoms with Gasteiger partial charge in [-0.3, -0.25) is 0 Å². The van der Waals surface area contributed by atoms with Crippen LogP contribution in [-0.4, -0.2) is 17.4 Å². The van der Waals surface area contributed by atoms with Gasteiger partial charge < -0.3 is 10.6 Å². The average Bonchev–Trinajstić information content (AvgIpc) is 2.54. The molecular weight excluding hydrogens is 367 g/mol. The molecule has 0 atom stereocenters. The fraction of sp³-hybridized carbons (Fsp3) is 0.235. The van der Waals surface area contributed by atoms with Crippen molar-refractivity contribution in [3.05, 3.63) is 64.1 Å². The van der Waals surface area contributed by atoms with Crippen molar-refractivity contribution >= 4 is 58.0 Å². The number of thiocarbonyl (C=S) groups is 1. The molecule has 0 fully saturated rings. The van der Waals surface area contributed by atoms with E-state index in [1.165, 1.54) is 5.56 Å². The average molecular weight is 385 g/mol. The summed E-state index contributed by atoms with van der Waals surface area (Å²) >= 11 is 18.9. The second kappa shape index (κ2) is 10.0. The van der Waals surface area contributed by atoms with Crippen LogP contribution in [0, 0.1) is 0 Å². The van der Waals surface area contributed by atoms with Crippen molar-refractivity contribution in [3.63, 3.8) is 0 Å². The molecule has 0 aliphatic rings. The van der Waals surface area contributed by atoms with E-state index < -0.39 is 0 Å². The van der Waals surface area contributed by atoms with Crippen molar-refractivity contribution in [2.45, 2.75) is 12.2 Å². The fourth-order valence-electron chi connectivity index (χ4n) is 1.86. The van der Waals surface area contributed by atoms with E-state index in [-0.39, 0.29) is 0 Å². The highest BCUT2D eigenvalue weighted by atomic mass is 35.5. The van der Waals surface area contributed by atoms with Gasteiger partial charge in [-0.2, -0.15) is 11.8 Å². The maximum absolute atomic E-state index is 5.87. The quantitative estimate of drug-likeness (QED) is 0.478. The minimum Gasteiger partial charge on any atom is -0.362 e. The van der Waals surface area contributed by atoms with Crippen LogP contribution in [0.1, 0.15) is 12.0 Å². The molecule has 0 spiro atoms. The molecule has 0 saturated heterocycles. The summed E-state index contributed by atoms with van der Waals surface area (Å²) in [7, 11) is 0. The zero-order valence-corrected chi connectivity index (χ0v) is 15.7. The summed E-state index contributed by atoms with van der Waals surface area (Å²) in [6, 6.07) is 15.5. The summed E-state index contributed by atoms with van der Waals surface area (Å²) in [4.78, 5) is 0. The van der Waals surface area contributed by atoms with E-state index in [0.29, 0.717) is 10.1 Å². The number of benzene rings is 2. The smallest absolute Gasteiger partial charge is 0.170 e. The van der Waals surface area contributed by atoms with Crippen molar-refractivity contribution < 1.29 is 0 Å². The van der Waals surface area contributed by atoms with E-state index in [0.717, 1.165) is 35.2 Å². The summed E-state index contributed by atoms with van der Waals surface area (Å²) in [5, 5.41) is 8.47. The second-order valence-corrected chi connectivity index (χ2v) is 7.31. The van der Waals surface area contributed by atoms with Crippen LogP contribution in [-0.2, 0) is 5.75 Å². The van der Waals surface area contributed by atoms with Crippen LogP contribution < -0.4 is 10.6 Å². The lowest BCUT2D eigenvalue weighted by atomic mass is 10.2. The summed E-state index contributed by atoms with van der Waals surface area (Å²) in [5.74, 6) is 2.09.